The first-order chi connectivity index (χ1) is 29.5. The summed E-state index contributed by atoms with van der Waals surface area (Å²) in [5.74, 6) is -4.90. The quantitative estimate of drug-likeness (QED) is 0.122. The van der Waals surface area contributed by atoms with Gasteiger partial charge in [0.1, 0.15) is 11.6 Å². The van der Waals surface area contributed by atoms with Gasteiger partial charge in [-0.2, -0.15) is 13.2 Å². The second-order valence-electron chi connectivity index (χ2n) is 13.7. The molecule has 62 heavy (non-hydrogen) atoms. The van der Waals surface area contributed by atoms with Gasteiger partial charge < -0.3 is 30.3 Å². The van der Waals surface area contributed by atoms with Crippen molar-refractivity contribution in [2.75, 3.05) is 75.5 Å². The third kappa shape index (κ3) is 12.9. The molecule has 0 saturated carbocycles. The van der Waals surface area contributed by atoms with Crippen molar-refractivity contribution in [2.45, 2.75) is 19.3 Å². The number of nitrogens with zero attached hydrogens (tertiary/aromatic N) is 4. The smallest absolute Gasteiger partial charge is 0.378 e. The van der Waals surface area contributed by atoms with Crippen LogP contribution in [0.3, 0.4) is 0 Å². The molecule has 0 spiro atoms. The maximum absolute atomic E-state index is 14.8. The largest absolute Gasteiger partial charge is 0.471 e. The maximum Gasteiger partial charge on any atom is 0.471 e. The normalized spacial score (nSPS) is 14.0. The monoisotopic (exact) mass is 906 g/mol. The number of ether oxygens (including phenoxy) is 2. The Bertz CT molecular complexity index is 2220. The van der Waals surface area contributed by atoms with E-state index >= 15 is 0 Å². The van der Waals surface area contributed by atoms with E-state index < -0.39 is 36.0 Å². The van der Waals surface area contributed by atoms with Gasteiger partial charge in [-0.25, -0.2) is 18.4 Å². The molecule has 0 atom stereocenters. The summed E-state index contributed by atoms with van der Waals surface area (Å²) in [7, 11) is 0. The lowest BCUT2D eigenvalue weighted by molar-refractivity contribution is -0.173. The molecule has 13 nitrogen and oxygen atoms in total. The van der Waals surface area contributed by atoms with E-state index in [1.807, 2.05) is 0 Å². The molecule has 2 saturated heterocycles. The molecule has 0 unspecified atom stereocenters. The van der Waals surface area contributed by atoms with Gasteiger partial charge in [0.05, 0.1) is 52.6 Å². The Labute approximate surface area is 363 Å². The zero-order valence-corrected chi connectivity index (χ0v) is 34.4. The number of amides is 5. The molecular weight excluding hydrogens is 866 g/mol. The van der Waals surface area contributed by atoms with Gasteiger partial charge >= 0.3 is 24.1 Å². The Kier molecular flexibility index (Phi) is 16.8. The molecule has 6 rings (SSSR count). The van der Waals surface area contributed by atoms with E-state index in [2.05, 4.69) is 0 Å². The Balaban J connectivity index is 0.000000238. The van der Waals surface area contributed by atoms with Crippen LogP contribution in [0, 0.1) is 11.6 Å². The van der Waals surface area contributed by atoms with Crippen LogP contribution >= 0.6 is 23.2 Å². The lowest BCUT2D eigenvalue weighted by atomic mass is 10.1. The van der Waals surface area contributed by atoms with Crippen LogP contribution in [-0.4, -0.2) is 111 Å². The van der Waals surface area contributed by atoms with E-state index in [1.165, 1.54) is 39.4 Å². The Morgan fingerprint density at radius 1 is 0.629 bits per heavy atom. The highest BCUT2D eigenvalue weighted by Crippen LogP contribution is 2.26. The van der Waals surface area contributed by atoms with Crippen molar-refractivity contribution in [3.8, 4) is 0 Å². The molecule has 5 amide bonds. The summed E-state index contributed by atoms with van der Waals surface area (Å²) in [6.07, 6.45) is -5.13. The molecule has 0 aliphatic carbocycles. The minimum absolute atomic E-state index is 0.0146. The number of nitrogens with one attached hydrogen (secondary N) is 1. The molecule has 0 radical (unpaired) electrons. The molecule has 0 bridgehead atoms. The van der Waals surface area contributed by atoms with Gasteiger partial charge in [-0.3, -0.25) is 24.2 Å². The van der Waals surface area contributed by atoms with Gasteiger partial charge in [0.15, 0.2) is 11.6 Å². The number of morpholine rings is 2. The van der Waals surface area contributed by atoms with Crippen LogP contribution in [0.25, 0.3) is 0 Å². The van der Waals surface area contributed by atoms with Crippen molar-refractivity contribution >= 4 is 64.1 Å². The van der Waals surface area contributed by atoms with Gasteiger partial charge in [-0.1, -0.05) is 47.5 Å². The standard InChI is InChI=1S/C22H20ClF4N3O4.C20H21ClFN3O3/c23-16-3-5-17(6-4-16)30(21(33)29-7-9-34-10-8-29)13-15-2-1-14(11-18(15)24)19(31)12-28-20(32)22(25,26)27;21-16-3-5-17(6-4-16)25(20(27)24-7-9-28-10-8-24)13-15-2-1-14(11-18(15)22)19(26)12-23/h1-6,11H,7-10,12-13H2,(H,28,32);1-6,11H,7-10,12-13,23H2. The topological polar surface area (TPSA) is 155 Å². The summed E-state index contributed by atoms with van der Waals surface area (Å²) >= 11 is 11.9. The van der Waals surface area contributed by atoms with Crippen molar-refractivity contribution < 1.29 is 55.4 Å². The number of halogens is 7. The van der Waals surface area contributed by atoms with Gasteiger partial charge in [0.2, 0.25) is 0 Å². The highest BCUT2D eigenvalue weighted by Gasteiger charge is 2.38. The van der Waals surface area contributed by atoms with E-state index in [1.54, 1.807) is 58.3 Å². The number of hydrogen-bond donors (Lipinski definition) is 2. The van der Waals surface area contributed by atoms with Crippen LogP contribution in [0.15, 0.2) is 84.9 Å². The zero-order valence-electron chi connectivity index (χ0n) is 32.9. The summed E-state index contributed by atoms with van der Waals surface area (Å²) < 4.78 is 76.8. The fourth-order valence-electron chi connectivity index (χ4n) is 6.15. The third-order valence-electron chi connectivity index (χ3n) is 9.56. The lowest BCUT2D eigenvalue weighted by Crippen LogP contribution is -2.48. The van der Waals surface area contributed by atoms with E-state index in [-0.39, 0.29) is 54.2 Å². The summed E-state index contributed by atoms with van der Waals surface area (Å²) in [4.78, 5) is 67.0. The molecule has 3 N–H and O–H groups in total. The summed E-state index contributed by atoms with van der Waals surface area (Å²) in [6, 6.07) is 20.1. The lowest BCUT2D eigenvalue weighted by Gasteiger charge is -2.33. The molecule has 4 aromatic carbocycles. The predicted octanol–water partition coefficient (Wildman–Crippen LogP) is 6.88. The first-order valence-electron chi connectivity index (χ1n) is 19.0. The highest BCUT2D eigenvalue weighted by molar-refractivity contribution is 6.31. The Hall–Kier alpha value is -5.66. The average molecular weight is 908 g/mol. The fourth-order valence-corrected chi connectivity index (χ4v) is 6.40. The number of urea groups is 2. The number of nitrogens with two attached hydrogens (primary N) is 1. The second-order valence-corrected chi connectivity index (χ2v) is 14.6. The first kappa shape index (κ1) is 47.4. The van der Waals surface area contributed by atoms with E-state index in [0.717, 1.165) is 12.1 Å². The third-order valence-corrected chi connectivity index (χ3v) is 10.1. The molecule has 2 fully saturated rings. The van der Waals surface area contributed by atoms with Crippen molar-refractivity contribution in [3.05, 3.63) is 129 Å². The second kappa shape index (κ2) is 21.9. The molecule has 0 aromatic heterocycles. The summed E-state index contributed by atoms with van der Waals surface area (Å²) in [5, 5.41) is 2.44. The van der Waals surface area contributed by atoms with Gasteiger partial charge in [-0.15, -0.1) is 0 Å². The van der Waals surface area contributed by atoms with Crippen LogP contribution in [0.4, 0.5) is 42.9 Å². The summed E-state index contributed by atoms with van der Waals surface area (Å²) in [6.45, 7) is 2.04. The summed E-state index contributed by atoms with van der Waals surface area (Å²) in [5.41, 5.74) is 6.76. The van der Waals surface area contributed by atoms with Gasteiger partial charge in [-0.05, 0) is 60.7 Å². The minimum Gasteiger partial charge on any atom is -0.378 e. The van der Waals surface area contributed by atoms with Crippen molar-refractivity contribution in [1.29, 1.82) is 0 Å². The number of rotatable bonds is 11. The van der Waals surface area contributed by atoms with E-state index in [0.29, 0.717) is 79.6 Å². The van der Waals surface area contributed by atoms with Crippen LogP contribution < -0.4 is 20.9 Å². The molecule has 330 valence electrons. The number of alkyl halides is 3. The van der Waals surface area contributed by atoms with Gasteiger partial charge in [0, 0.05) is 69.9 Å². The molecular formula is C42H41Cl2F5N6O7. The van der Waals surface area contributed by atoms with Gasteiger partial charge in [0.25, 0.3) is 0 Å². The minimum atomic E-state index is -5.13. The molecule has 2 aliphatic heterocycles. The Morgan fingerprint density at radius 3 is 1.37 bits per heavy atom. The molecule has 2 heterocycles. The zero-order chi connectivity index (χ0) is 45.0. The van der Waals surface area contributed by atoms with Crippen LogP contribution in [-0.2, 0) is 27.4 Å². The predicted molar refractivity (Wildman–Crippen MR) is 220 cm³/mol. The van der Waals surface area contributed by atoms with Crippen LogP contribution in [0.1, 0.15) is 31.8 Å². The van der Waals surface area contributed by atoms with E-state index in [9.17, 15) is 45.9 Å². The molecule has 4 aromatic rings. The molecule has 20 heteroatoms. The van der Waals surface area contributed by atoms with Crippen LogP contribution in [0.2, 0.25) is 10.0 Å². The first-order valence-corrected chi connectivity index (χ1v) is 19.8. The number of ketones is 2. The average Bonchev–Trinajstić information content (AvgIpc) is 3.27. The number of anilines is 2. The number of carbonyl (C=O) groups excluding carboxylic acids is 5. The van der Waals surface area contributed by atoms with E-state index in [4.69, 9.17) is 38.4 Å². The Morgan fingerprint density at radius 2 is 1.02 bits per heavy atom. The highest BCUT2D eigenvalue weighted by atomic mass is 35.5. The van der Waals surface area contributed by atoms with Crippen LogP contribution in [0.5, 0.6) is 0 Å². The number of benzene rings is 4. The van der Waals surface area contributed by atoms with Crippen molar-refractivity contribution in [3.63, 3.8) is 0 Å². The molecule has 2 aliphatic rings. The van der Waals surface area contributed by atoms with Crippen molar-refractivity contribution in [1.82, 2.24) is 15.1 Å². The maximum atomic E-state index is 14.8. The number of hydrogen-bond acceptors (Lipinski definition) is 8. The van der Waals surface area contributed by atoms with Crippen molar-refractivity contribution in [2.24, 2.45) is 5.73 Å². The SMILES string of the molecule is NCC(=O)c1ccc(CN(C(=O)N2CCOCC2)c2ccc(Cl)cc2)c(F)c1.O=C(CNC(=O)C(F)(F)F)c1ccc(CN(C(=O)N2CCOCC2)c2ccc(Cl)cc2)c(F)c1. The fraction of sp³-hybridized carbons (Fsp3) is 0.310. The number of carbonyl (C=O) groups is 5. The number of Topliss-reactive ketones (excluding diaryl/α,β-unsaturated/α-hetero) is 2.